The first-order valence-corrected chi connectivity index (χ1v) is 8.53. The Hall–Kier alpha value is 0.190. The van der Waals surface area contributed by atoms with E-state index in [1.165, 1.54) is 6.42 Å². The van der Waals surface area contributed by atoms with E-state index in [2.05, 4.69) is 38.5 Å². The van der Waals surface area contributed by atoms with E-state index in [1.807, 2.05) is 17.0 Å². The molecule has 2 rings (SSSR count). The van der Waals surface area contributed by atoms with Crippen molar-refractivity contribution in [3.63, 3.8) is 0 Å². The molecule has 0 spiro atoms. The minimum atomic E-state index is 0.0949. The van der Waals surface area contributed by atoms with E-state index in [9.17, 15) is 4.79 Å². The number of amides is 1. The van der Waals surface area contributed by atoms with Crippen LogP contribution in [0.5, 0.6) is 0 Å². The third-order valence-corrected chi connectivity index (χ3v) is 5.55. The Morgan fingerprint density at radius 1 is 1.50 bits per heavy atom. The van der Waals surface area contributed by atoms with Gasteiger partial charge in [0.05, 0.1) is 5.02 Å². The second-order valence-corrected chi connectivity index (χ2v) is 6.65. The van der Waals surface area contributed by atoms with Crippen molar-refractivity contribution in [2.24, 2.45) is 0 Å². The Labute approximate surface area is 134 Å². The maximum Gasteiger partial charge on any atom is 0.254 e. The van der Waals surface area contributed by atoms with Gasteiger partial charge in [0.1, 0.15) is 0 Å². The van der Waals surface area contributed by atoms with Gasteiger partial charge in [-0.3, -0.25) is 4.79 Å². The van der Waals surface area contributed by atoms with Gasteiger partial charge in [-0.15, -0.1) is 0 Å². The fourth-order valence-corrected chi connectivity index (χ4v) is 3.41. The van der Waals surface area contributed by atoms with E-state index in [0.717, 1.165) is 28.3 Å². The maximum absolute atomic E-state index is 12.5. The van der Waals surface area contributed by atoms with Crippen molar-refractivity contribution in [3.05, 3.63) is 32.4 Å². The minimum absolute atomic E-state index is 0.0949. The van der Waals surface area contributed by atoms with Crippen molar-refractivity contribution in [2.75, 3.05) is 11.9 Å². The van der Waals surface area contributed by atoms with Crippen LogP contribution < -0.4 is 0 Å². The zero-order valence-electron chi connectivity index (χ0n) is 9.83. The smallest absolute Gasteiger partial charge is 0.254 e. The molecule has 0 bridgehead atoms. The molecule has 1 atom stereocenters. The molecule has 0 radical (unpaired) electrons. The number of rotatable bonds is 2. The Morgan fingerprint density at radius 3 is 2.94 bits per heavy atom. The molecule has 98 valence electrons. The summed E-state index contributed by atoms with van der Waals surface area (Å²) in [7, 11) is 0. The summed E-state index contributed by atoms with van der Waals surface area (Å²) < 4.78 is 0.974. The van der Waals surface area contributed by atoms with Crippen LogP contribution in [0.15, 0.2) is 18.2 Å². The second-order valence-electron chi connectivity index (χ2n) is 4.43. The van der Waals surface area contributed by atoms with E-state index in [4.69, 9.17) is 11.6 Å². The lowest BCUT2D eigenvalue weighted by atomic mass is 10.0. The number of carbonyl (C=O) groups is 1. The first-order valence-electron chi connectivity index (χ1n) is 5.95. The lowest BCUT2D eigenvalue weighted by molar-refractivity contribution is 0.0642. The Kier molecular flexibility index (Phi) is 5.33. The van der Waals surface area contributed by atoms with Gasteiger partial charge in [0.15, 0.2) is 0 Å². The summed E-state index contributed by atoms with van der Waals surface area (Å²) in [6, 6.07) is 5.83. The van der Waals surface area contributed by atoms with Crippen LogP contribution in [0.1, 0.15) is 29.6 Å². The molecular weight excluding hydrogens is 428 g/mol. The van der Waals surface area contributed by atoms with Gasteiger partial charge in [-0.1, -0.05) is 27.5 Å². The monoisotopic (exact) mass is 441 g/mol. The van der Waals surface area contributed by atoms with Gasteiger partial charge in [0, 0.05) is 27.1 Å². The largest absolute Gasteiger partial charge is 0.335 e. The van der Waals surface area contributed by atoms with E-state index in [-0.39, 0.29) is 5.91 Å². The highest BCUT2D eigenvalue weighted by atomic mass is 127. The number of nitrogens with zero attached hydrogens (tertiary/aromatic N) is 1. The van der Waals surface area contributed by atoms with Gasteiger partial charge in [-0.25, -0.2) is 0 Å². The van der Waals surface area contributed by atoms with E-state index < -0.39 is 0 Å². The third-order valence-electron chi connectivity index (χ3n) is 3.23. The number of likely N-dealkylation sites (tertiary alicyclic amines) is 1. The third kappa shape index (κ3) is 3.20. The number of hydrogen-bond donors (Lipinski definition) is 0. The molecule has 1 unspecified atom stereocenters. The summed E-state index contributed by atoms with van der Waals surface area (Å²) >= 11 is 11.7. The van der Waals surface area contributed by atoms with Crippen LogP contribution in [0.25, 0.3) is 0 Å². The standard InChI is InChI=1S/C13H14BrClINO/c14-8-10-3-1-2-6-17(10)13(18)9-4-5-12(16)11(15)7-9/h4-5,7,10H,1-3,6,8H2. The summed E-state index contributed by atoms with van der Waals surface area (Å²) in [6.07, 6.45) is 3.37. The Morgan fingerprint density at radius 2 is 2.28 bits per heavy atom. The van der Waals surface area contributed by atoms with Crippen molar-refractivity contribution in [2.45, 2.75) is 25.3 Å². The lowest BCUT2D eigenvalue weighted by Crippen LogP contribution is -2.44. The number of alkyl halides is 1. The second kappa shape index (κ2) is 6.57. The quantitative estimate of drug-likeness (QED) is 0.493. The predicted octanol–water partition coefficient (Wildman–Crippen LogP) is 4.33. The van der Waals surface area contributed by atoms with Crippen molar-refractivity contribution in [1.29, 1.82) is 0 Å². The average Bonchev–Trinajstić information content (AvgIpc) is 2.41. The molecule has 0 aliphatic carbocycles. The highest BCUT2D eigenvalue weighted by Crippen LogP contribution is 2.24. The Bertz CT molecular complexity index is 455. The molecule has 1 aromatic carbocycles. The molecule has 1 saturated heterocycles. The molecule has 0 N–H and O–H groups in total. The van der Waals surface area contributed by atoms with Crippen molar-refractivity contribution in [1.82, 2.24) is 4.90 Å². The number of hydrogen-bond acceptors (Lipinski definition) is 1. The summed E-state index contributed by atoms with van der Waals surface area (Å²) in [5.74, 6) is 0.0949. The molecule has 1 heterocycles. The van der Waals surface area contributed by atoms with Gasteiger partial charge in [-0.05, 0) is 60.1 Å². The van der Waals surface area contributed by atoms with Gasteiger partial charge in [-0.2, -0.15) is 0 Å². The zero-order valence-corrected chi connectivity index (χ0v) is 14.3. The molecule has 1 fully saturated rings. The molecule has 0 saturated carbocycles. The van der Waals surface area contributed by atoms with Gasteiger partial charge in [0.2, 0.25) is 0 Å². The summed E-state index contributed by atoms with van der Waals surface area (Å²) in [4.78, 5) is 14.4. The van der Waals surface area contributed by atoms with Crippen LogP contribution >= 0.6 is 50.1 Å². The van der Waals surface area contributed by atoms with Crippen LogP contribution in [-0.2, 0) is 0 Å². The van der Waals surface area contributed by atoms with Crippen LogP contribution in [0, 0.1) is 3.57 Å². The number of piperidine rings is 1. The summed E-state index contributed by atoms with van der Waals surface area (Å²) in [6.45, 7) is 0.846. The van der Waals surface area contributed by atoms with E-state index in [0.29, 0.717) is 16.6 Å². The topological polar surface area (TPSA) is 20.3 Å². The zero-order chi connectivity index (χ0) is 13.1. The Balaban J connectivity index is 2.21. The molecule has 1 aromatic rings. The highest BCUT2D eigenvalue weighted by molar-refractivity contribution is 14.1. The van der Waals surface area contributed by atoms with Crippen LogP contribution in [-0.4, -0.2) is 28.7 Å². The molecule has 5 heteroatoms. The number of benzene rings is 1. The molecule has 1 aliphatic heterocycles. The summed E-state index contributed by atoms with van der Waals surface area (Å²) in [5.41, 5.74) is 0.688. The van der Waals surface area contributed by atoms with Gasteiger partial charge >= 0.3 is 0 Å². The first kappa shape index (κ1) is 14.6. The summed E-state index contributed by atoms with van der Waals surface area (Å²) in [5, 5.41) is 1.49. The molecule has 18 heavy (non-hydrogen) atoms. The van der Waals surface area contributed by atoms with Crippen molar-refractivity contribution in [3.8, 4) is 0 Å². The SMILES string of the molecule is O=C(c1ccc(I)c(Cl)c1)N1CCCCC1CBr. The number of carbonyl (C=O) groups excluding carboxylic acids is 1. The number of halogens is 3. The van der Waals surface area contributed by atoms with E-state index in [1.54, 1.807) is 6.07 Å². The highest BCUT2D eigenvalue weighted by Gasteiger charge is 2.26. The average molecular weight is 443 g/mol. The van der Waals surface area contributed by atoms with Crippen molar-refractivity contribution < 1.29 is 4.79 Å². The van der Waals surface area contributed by atoms with Crippen LogP contribution in [0.4, 0.5) is 0 Å². The van der Waals surface area contributed by atoms with Gasteiger partial charge < -0.3 is 4.90 Å². The molecule has 1 aliphatic rings. The lowest BCUT2D eigenvalue weighted by Gasteiger charge is -2.34. The van der Waals surface area contributed by atoms with Crippen LogP contribution in [0.2, 0.25) is 5.02 Å². The molecule has 0 aromatic heterocycles. The van der Waals surface area contributed by atoms with Crippen LogP contribution in [0.3, 0.4) is 0 Å². The van der Waals surface area contributed by atoms with Crippen molar-refractivity contribution >= 4 is 56.0 Å². The minimum Gasteiger partial charge on any atom is -0.335 e. The normalized spacial score (nSPS) is 19.9. The molecule has 1 amide bonds. The van der Waals surface area contributed by atoms with Gasteiger partial charge in [0.25, 0.3) is 5.91 Å². The van der Waals surface area contributed by atoms with E-state index >= 15 is 0 Å². The fraction of sp³-hybridized carbons (Fsp3) is 0.462. The maximum atomic E-state index is 12.5. The first-order chi connectivity index (χ1) is 8.63. The molecule has 2 nitrogen and oxygen atoms in total. The predicted molar refractivity (Wildman–Crippen MR) is 86.6 cm³/mol. The fourth-order valence-electron chi connectivity index (χ4n) is 2.22. The molecular formula is C13H14BrClINO.